The summed E-state index contributed by atoms with van der Waals surface area (Å²) in [5.74, 6) is 0. The molecule has 13 nitrogen and oxygen atoms in total. The largest absolute Gasteiger partial charge is 0.394 e. The fourth-order valence-electron chi connectivity index (χ4n) is 2.12. The first-order valence-electron chi connectivity index (χ1n) is 7.61. The minimum Gasteiger partial charge on any atom is -0.394 e. The first-order valence-corrected chi connectivity index (χ1v) is 10.6. The number of benzene rings is 1. The van der Waals surface area contributed by atoms with Crippen LogP contribution in [0.5, 0.6) is 0 Å². The third-order valence-corrected chi connectivity index (χ3v) is 6.08. The smallest absolute Gasteiger partial charge is 0.288 e. The Morgan fingerprint density at radius 2 is 1.39 bits per heavy atom. The summed E-state index contributed by atoms with van der Waals surface area (Å²) in [6, 6.07) is 4.19. The van der Waals surface area contributed by atoms with Crippen LogP contribution in [0.25, 0.3) is 0 Å². The minimum atomic E-state index is -5.06. The summed E-state index contributed by atoms with van der Waals surface area (Å²) >= 11 is 0. The highest BCUT2D eigenvalue weighted by atomic mass is 32.2. The summed E-state index contributed by atoms with van der Waals surface area (Å²) in [6.07, 6.45) is -8.67. The third-order valence-electron chi connectivity index (χ3n) is 3.64. The van der Waals surface area contributed by atoms with Crippen LogP contribution in [-0.2, 0) is 20.1 Å². The van der Waals surface area contributed by atoms with E-state index in [2.05, 4.69) is 5.32 Å². The lowest BCUT2D eigenvalue weighted by atomic mass is 10.0. The molecule has 15 heteroatoms. The summed E-state index contributed by atoms with van der Waals surface area (Å²) in [5.41, 5.74) is -0.103. The van der Waals surface area contributed by atoms with Crippen LogP contribution in [0.15, 0.2) is 29.2 Å². The van der Waals surface area contributed by atoms with Crippen LogP contribution in [0.3, 0.4) is 0 Å². The van der Waals surface area contributed by atoms with Gasteiger partial charge in [-0.15, -0.1) is 0 Å². The van der Waals surface area contributed by atoms with E-state index < -0.39 is 63.3 Å². The van der Waals surface area contributed by atoms with Crippen LogP contribution in [0.2, 0.25) is 0 Å². The highest BCUT2D eigenvalue weighted by Gasteiger charge is 2.40. The quantitative estimate of drug-likeness (QED) is 0.117. The molecule has 0 unspecified atom stereocenters. The molecule has 9 N–H and O–H groups in total. The molecular weight excluding hydrogens is 424 g/mol. The number of nitrogens with one attached hydrogen (secondary N) is 2. The van der Waals surface area contributed by atoms with E-state index in [0.29, 0.717) is 0 Å². The second kappa shape index (κ2) is 9.88. The molecule has 0 radical (unpaired) electrons. The maximum atomic E-state index is 11.7. The Labute approximate surface area is 160 Å². The summed E-state index contributed by atoms with van der Waals surface area (Å²) in [7, 11) is -9.07. The van der Waals surface area contributed by atoms with Gasteiger partial charge in [0.2, 0.25) is 10.0 Å². The highest BCUT2D eigenvalue weighted by molar-refractivity contribution is 7.89. The Morgan fingerprint density at radius 1 is 0.857 bits per heavy atom. The fraction of sp³-hybridized carbons (Fsp3) is 0.538. The lowest BCUT2D eigenvalue weighted by Gasteiger charge is -2.30. The van der Waals surface area contributed by atoms with Gasteiger partial charge in [-0.3, -0.25) is 4.55 Å². The first-order chi connectivity index (χ1) is 12.8. The van der Waals surface area contributed by atoms with Crippen LogP contribution < -0.4 is 10.0 Å². The van der Waals surface area contributed by atoms with Crippen LogP contribution >= 0.6 is 0 Å². The second-order valence-electron chi connectivity index (χ2n) is 5.63. The van der Waals surface area contributed by atoms with Gasteiger partial charge in [0.25, 0.3) is 10.1 Å². The molecule has 0 aromatic heterocycles. The van der Waals surface area contributed by atoms with Crippen molar-refractivity contribution in [3.05, 3.63) is 24.3 Å². The summed E-state index contributed by atoms with van der Waals surface area (Å²) in [4.78, 5) is -0.280. The zero-order valence-electron chi connectivity index (χ0n) is 14.2. The lowest BCUT2D eigenvalue weighted by molar-refractivity contribution is -0.114. The number of hydrogen-bond acceptors (Lipinski definition) is 11. The number of rotatable bonds is 11. The Morgan fingerprint density at radius 3 is 1.82 bits per heavy atom. The van der Waals surface area contributed by atoms with Gasteiger partial charge in [0.1, 0.15) is 31.1 Å². The van der Waals surface area contributed by atoms with Gasteiger partial charge >= 0.3 is 0 Å². The van der Waals surface area contributed by atoms with Crippen molar-refractivity contribution in [3.8, 4) is 0 Å². The molecule has 0 fully saturated rings. The highest BCUT2D eigenvalue weighted by Crippen LogP contribution is 2.19. The van der Waals surface area contributed by atoms with Gasteiger partial charge in [0.15, 0.2) is 5.37 Å². The number of anilines is 1. The maximum Gasteiger partial charge on any atom is 0.288 e. The predicted octanol–water partition coefficient (Wildman–Crippen LogP) is -4.02. The molecule has 0 amide bonds. The van der Waals surface area contributed by atoms with E-state index in [4.69, 9.17) is 10.2 Å². The van der Waals surface area contributed by atoms with E-state index in [1.165, 1.54) is 0 Å². The number of hydrogen-bond donors (Lipinski definition) is 9. The standard InChI is InChI=1S/C13H22N2O11S2/c16-5-9(18)10(19)11(20)12(21)13(28(24,25)26)15-7-1-3-8(4-2-7)27(22,23)14-6-17/h1-4,9-21H,5-6H2,(H,24,25,26)/t9-,10-,11-,12-,13+/m1/s1. The van der Waals surface area contributed by atoms with Crippen LogP contribution in [0.4, 0.5) is 5.69 Å². The predicted molar refractivity (Wildman–Crippen MR) is 93.9 cm³/mol. The Hall–Kier alpha value is -1.40. The van der Waals surface area contributed by atoms with Crippen molar-refractivity contribution in [2.75, 3.05) is 18.7 Å². The van der Waals surface area contributed by atoms with Crippen LogP contribution in [0.1, 0.15) is 0 Å². The molecule has 0 aliphatic carbocycles. The second-order valence-corrected chi connectivity index (χ2v) is 8.94. The molecule has 1 aromatic carbocycles. The Bertz CT molecular complexity index is 829. The van der Waals surface area contributed by atoms with Gasteiger partial charge < -0.3 is 36.0 Å². The SMILES string of the molecule is O=S(=O)(NCO)c1ccc(N[C@H]([C@H](O)[C@H](O)[C@H](O)[C@H](O)CO)S(=O)(=O)O)cc1. The summed E-state index contributed by atoms with van der Waals surface area (Å²) in [5, 5.41) is 56.0. The molecule has 0 spiro atoms. The van der Waals surface area contributed by atoms with Crippen molar-refractivity contribution >= 4 is 25.8 Å². The zero-order chi connectivity index (χ0) is 21.7. The third kappa shape index (κ3) is 6.31. The first kappa shape index (κ1) is 24.6. The van der Waals surface area contributed by atoms with Crippen LogP contribution in [0, 0.1) is 0 Å². The van der Waals surface area contributed by atoms with E-state index in [-0.39, 0.29) is 10.6 Å². The topological polar surface area (TPSA) is 234 Å². The Balaban J connectivity index is 3.08. The van der Waals surface area contributed by atoms with Crippen LogP contribution in [-0.4, -0.2) is 95.2 Å². The summed E-state index contributed by atoms with van der Waals surface area (Å²) in [6.45, 7) is -1.84. The molecule has 0 aliphatic heterocycles. The fourth-order valence-corrected chi connectivity index (χ4v) is 3.75. The maximum absolute atomic E-state index is 11.7. The van der Waals surface area contributed by atoms with E-state index in [0.717, 1.165) is 24.3 Å². The van der Waals surface area contributed by atoms with E-state index >= 15 is 0 Å². The monoisotopic (exact) mass is 446 g/mol. The number of aliphatic hydroxyl groups excluding tert-OH is 6. The van der Waals surface area contributed by atoms with Crippen molar-refractivity contribution < 1.29 is 52.0 Å². The van der Waals surface area contributed by atoms with Gasteiger partial charge in [-0.05, 0) is 24.3 Å². The van der Waals surface area contributed by atoms with Crippen molar-refractivity contribution in [1.29, 1.82) is 0 Å². The van der Waals surface area contributed by atoms with Gasteiger partial charge in [0.05, 0.1) is 11.5 Å². The summed E-state index contributed by atoms with van der Waals surface area (Å²) < 4.78 is 57.6. The molecule has 1 aromatic rings. The molecule has 5 atom stereocenters. The molecule has 0 bridgehead atoms. The molecule has 0 heterocycles. The van der Waals surface area contributed by atoms with Gasteiger partial charge in [0, 0.05) is 5.69 Å². The van der Waals surface area contributed by atoms with E-state index in [1.54, 1.807) is 0 Å². The average Bonchev–Trinajstić information content (AvgIpc) is 2.63. The van der Waals surface area contributed by atoms with E-state index in [1.807, 2.05) is 4.72 Å². The van der Waals surface area contributed by atoms with Crippen molar-refractivity contribution in [1.82, 2.24) is 4.72 Å². The van der Waals surface area contributed by atoms with Gasteiger partial charge in [-0.2, -0.15) is 13.1 Å². The molecule has 0 aliphatic rings. The molecule has 1 rings (SSSR count). The molecule has 0 saturated heterocycles. The van der Waals surface area contributed by atoms with Crippen molar-refractivity contribution in [3.63, 3.8) is 0 Å². The Kier molecular flexibility index (Phi) is 8.69. The molecule has 0 saturated carbocycles. The van der Waals surface area contributed by atoms with Gasteiger partial charge in [-0.1, -0.05) is 0 Å². The molecule has 162 valence electrons. The molecular formula is C13H22N2O11S2. The van der Waals surface area contributed by atoms with Crippen molar-refractivity contribution in [2.45, 2.75) is 34.7 Å². The normalized spacial score (nSPS) is 18.1. The minimum absolute atomic E-state index is 0.103. The average molecular weight is 446 g/mol. The molecule has 28 heavy (non-hydrogen) atoms. The van der Waals surface area contributed by atoms with Gasteiger partial charge in [-0.25, -0.2) is 8.42 Å². The number of sulfonamides is 1. The number of aliphatic hydroxyl groups is 6. The lowest BCUT2D eigenvalue weighted by Crippen LogP contribution is -2.54. The zero-order valence-corrected chi connectivity index (χ0v) is 15.8. The van der Waals surface area contributed by atoms with E-state index in [9.17, 15) is 41.8 Å². The van der Waals surface area contributed by atoms with Crippen molar-refractivity contribution in [2.24, 2.45) is 0 Å².